The van der Waals surface area contributed by atoms with Crippen LogP contribution >= 0.6 is 0 Å². The number of fused-ring (bicyclic) bond motifs is 1. The molecule has 2 atom stereocenters. The van der Waals surface area contributed by atoms with Gasteiger partial charge in [-0.3, -0.25) is 0 Å². The first-order chi connectivity index (χ1) is 14.2. The van der Waals surface area contributed by atoms with Gasteiger partial charge in [0.15, 0.2) is 17.6 Å². The van der Waals surface area contributed by atoms with E-state index in [4.69, 9.17) is 9.47 Å². The molecule has 6 nitrogen and oxygen atoms in total. The number of benzene rings is 2. The van der Waals surface area contributed by atoms with Crippen LogP contribution in [0.5, 0.6) is 11.5 Å². The molecule has 4 rings (SSSR count). The average molecular weight is 396 g/mol. The van der Waals surface area contributed by atoms with E-state index in [2.05, 4.69) is 34.5 Å². The Bertz CT molecular complexity index is 814. The first-order valence-corrected chi connectivity index (χ1v) is 10.4. The fourth-order valence-electron chi connectivity index (χ4n) is 3.97. The minimum absolute atomic E-state index is 0.0341. The fourth-order valence-corrected chi connectivity index (χ4v) is 3.97. The van der Waals surface area contributed by atoms with Gasteiger partial charge in [0.2, 0.25) is 0 Å². The predicted octanol–water partition coefficient (Wildman–Crippen LogP) is 3.38. The first-order valence-electron chi connectivity index (χ1n) is 10.4. The Morgan fingerprint density at radius 1 is 1.14 bits per heavy atom. The molecule has 1 saturated heterocycles. The van der Waals surface area contributed by atoms with Crippen LogP contribution in [0.4, 0.5) is 10.5 Å². The summed E-state index contributed by atoms with van der Waals surface area (Å²) >= 11 is 0. The number of carbonyl (C=O) groups excluding carboxylic acids is 1. The highest BCUT2D eigenvalue weighted by Crippen LogP contribution is 2.31. The van der Waals surface area contributed by atoms with Crippen LogP contribution < -0.4 is 19.7 Å². The van der Waals surface area contributed by atoms with Crippen molar-refractivity contribution in [1.82, 2.24) is 10.2 Å². The van der Waals surface area contributed by atoms with Crippen molar-refractivity contribution >= 4 is 11.7 Å². The molecule has 2 aromatic rings. The Morgan fingerprint density at radius 2 is 1.90 bits per heavy atom. The van der Waals surface area contributed by atoms with Gasteiger partial charge < -0.3 is 24.6 Å². The number of urea groups is 1. The Kier molecular flexibility index (Phi) is 6.08. The topological polar surface area (TPSA) is 54.0 Å². The molecule has 0 saturated carbocycles. The Hall–Kier alpha value is -2.89. The minimum atomic E-state index is -0.157. The zero-order valence-corrected chi connectivity index (χ0v) is 16.9. The largest absolute Gasteiger partial charge is 0.486 e. The summed E-state index contributed by atoms with van der Waals surface area (Å²) in [6.07, 6.45) is 0.938. The molecule has 0 bridgehead atoms. The molecule has 0 aliphatic carbocycles. The second-order valence-electron chi connectivity index (χ2n) is 7.66. The summed E-state index contributed by atoms with van der Waals surface area (Å²) in [6, 6.07) is 18.1. The number of anilines is 1. The van der Waals surface area contributed by atoms with E-state index in [0.717, 1.165) is 31.0 Å². The number of amides is 2. The van der Waals surface area contributed by atoms with Crippen LogP contribution in [0, 0.1) is 5.92 Å². The molecule has 1 N–H and O–H groups in total. The van der Waals surface area contributed by atoms with E-state index in [1.807, 2.05) is 37.3 Å². The Labute approximate surface area is 172 Å². The molecular weight excluding hydrogens is 366 g/mol. The summed E-state index contributed by atoms with van der Waals surface area (Å²) in [5.74, 6) is 1.98. The van der Waals surface area contributed by atoms with Crippen LogP contribution in [0.3, 0.4) is 0 Å². The van der Waals surface area contributed by atoms with Gasteiger partial charge >= 0.3 is 6.03 Å². The summed E-state index contributed by atoms with van der Waals surface area (Å²) in [7, 11) is 0. The number of likely N-dealkylation sites (N-methyl/N-ethyl adjacent to an activating group) is 1. The highest BCUT2D eigenvalue weighted by Gasteiger charge is 2.26. The van der Waals surface area contributed by atoms with Crippen molar-refractivity contribution in [1.29, 1.82) is 0 Å². The molecule has 154 valence electrons. The lowest BCUT2D eigenvalue weighted by Gasteiger charge is -2.31. The zero-order chi connectivity index (χ0) is 20.1. The summed E-state index contributed by atoms with van der Waals surface area (Å²) in [5, 5.41) is 3.12. The van der Waals surface area contributed by atoms with Crippen LogP contribution in [-0.4, -0.2) is 56.4 Å². The molecule has 0 radical (unpaired) electrons. The number of nitrogens with one attached hydrogen (secondary N) is 1. The molecule has 0 aromatic heterocycles. The van der Waals surface area contributed by atoms with E-state index in [1.165, 1.54) is 5.69 Å². The van der Waals surface area contributed by atoms with E-state index >= 15 is 0 Å². The van der Waals surface area contributed by atoms with Crippen molar-refractivity contribution in [3.8, 4) is 11.5 Å². The van der Waals surface area contributed by atoms with Crippen molar-refractivity contribution in [3.05, 3.63) is 54.6 Å². The van der Waals surface area contributed by atoms with Crippen molar-refractivity contribution in [3.63, 3.8) is 0 Å². The van der Waals surface area contributed by atoms with Gasteiger partial charge in [-0.05, 0) is 43.5 Å². The highest BCUT2D eigenvalue weighted by molar-refractivity contribution is 5.74. The van der Waals surface area contributed by atoms with Gasteiger partial charge in [-0.15, -0.1) is 0 Å². The Balaban J connectivity index is 1.24. The van der Waals surface area contributed by atoms with Crippen LogP contribution in [0.15, 0.2) is 54.6 Å². The maximum Gasteiger partial charge on any atom is 0.317 e. The minimum Gasteiger partial charge on any atom is -0.486 e. The third-order valence-corrected chi connectivity index (χ3v) is 5.61. The zero-order valence-electron chi connectivity index (χ0n) is 16.9. The number of para-hydroxylation sites is 3. The lowest BCUT2D eigenvalue weighted by Crippen LogP contribution is -2.48. The Morgan fingerprint density at radius 3 is 2.69 bits per heavy atom. The number of hydrogen-bond acceptors (Lipinski definition) is 4. The summed E-state index contributed by atoms with van der Waals surface area (Å²) in [6.45, 7) is 6.30. The van der Waals surface area contributed by atoms with E-state index < -0.39 is 0 Å². The molecule has 2 amide bonds. The number of nitrogens with zero attached hydrogens (tertiary/aromatic N) is 2. The van der Waals surface area contributed by atoms with Crippen molar-refractivity contribution in [2.24, 2.45) is 5.92 Å². The third kappa shape index (κ3) is 4.75. The lowest BCUT2D eigenvalue weighted by molar-refractivity contribution is 0.0674. The summed E-state index contributed by atoms with van der Waals surface area (Å²) in [5.41, 5.74) is 1.26. The molecule has 0 spiro atoms. The number of ether oxygens (including phenoxy) is 2. The number of hydrogen-bond donors (Lipinski definition) is 1. The average Bonchev–Trinajstić information content (AvgIpc) is 3.25. The van der Waals surface area contributed by atoms with E-state index in [9.17, 15) is 4.79 Å². The summed E-state index contributed by atoms with van der Waals surface area (Å²) in [4.78, 5) is 16.9. The van der Waals surface area contributed by atoms with Crippen LogP contribution in [-0.2, 0) is 0 Å². The van der Waals surface area contributed by atoms with Crippen LogP contribution in [0.2, 0.25) is 0 Å². The predicted molar refractivity (Wildman–Crippen MR) is 114 cm³/mol. The second-order valence-corrected chi connectivity index (χ2v) is 7.66. The van der Waals surface area contributed by atoms with E-state index in [1.54, 1.807) is 4.90 Å². The quantitative estimate of drug-likeness (QED) is 0.815. The SMILES string of the molecule is CCN(CC1COc2ccccc2O1)C(=O)NCC1CCN(c2ccccc2)C1. The maximum absolute atomic E-state index is 12.7. The van der Waals surface area contributed by atoms with Crippen molar-refractivity contribution < 1.29 is 14.3 Å². The molecule has 2 unspecified atom stereocenters. The van der Waals surface area contributed by atoms with Gasteiger partial charge in [0.25, 0.3) is 0 Å². The van der Waals surface area contributed by atoms with E-state index in [-0.39, 0.29) is 12.1 Å². The molecule has 2 aromatic carbocycles. The molecule has 2 aliphatic heterocycles. The van der Waals surface area contributed by atoms with E-state index in [0.29, 0.717) is 32.2 Å². The second kappa shape index (κ2) is 9.07. The standard InChI is InChI=1S/C23H29N3O3/c1-2-25(16-20-17-28-21-10-6-7-11-22(21)29-20)23(27)24-14-18-12-13-26(15-18)19-8-4-3-5-9-19/h3-11,18,20H,2,12-17H2,1H3,(H,24,27). The van der Waals surface area contributed by atoms with Crippen LogP contribution in [0.25, 0.3) is 0 Å². The molecule has 29 heavy (non-hydrogen) atoms. The number of rotatable bonds is 6. The highest BCUT2D eigenvalue weighted by atomic mass is 16.6. The molecule has 2 aliphatic rings. The molecular formula is C23H29N3O3. The third-order valence-electron chi connectivity index (χ3n) is 5.61. The normalized spacial score (nSPS) is 20.4. The smallest absolute Gasteiger partial charge is 0.317 e. The number of carbonyl (C=O) groups is 1. The maximum atomic E-state index is 12.7. The van der Waals surface area contributed by atoms with Gasteiger partial charge in [-0.25, -0.2) is 4.79 Å². The fraction of sp³-hybridized carbons (Fsp3) is 0.435. The van der Waals surface area contributed by atoms with Crippen molar-refractivity contribution in [2.75, 3.05) is 44.2 Å². The van der Waals surface area contributed by atoms with Gasteiger partial charge in [-0.1, -0.05) is 30.3 Å². The van der Waals surface area contributed by atoms with Gasteiger partial charge in [0.05, 0.1) is 6.54 Å². The first kappa shape index (κ1) is 19.4. The van der Waals surface area contributed by atoms with Gasteiger partial charge in [0.1, 0.15) is 6.61 Å². The van der Waals surface area contributed by atoms with Gasteiger partial charge in [0, 0.05) is 31.9 Å². The molecule has 2 heterocycles. The van der Waals surface area contributed by atoms with Crippen LogP contribution in [0.1, 0.15) is 13.3 Å². The van der Waals surface area contributed by atoms with Gasteiger partial charge in [-0.2, -0.15) is 0 Å². The van der Waals surface area contributed by atoms with Crippen molar-refractivity contribution in [2.45, 2.75) is 19.4 Å². The monoisotopic (exact) mass is 395 g/mol. The molecule has 6 heteroatoms. The summed E-state index contributed by atoms with van der Waals surface area (Å²) < 4.78 is 11.8. The lowest BCUT2D eigenvalue weighted by atomic mass is 10.1. The molecule has 1 fully saturated rings.